The van der Waals surface area contributed by atoms with Crippen molar-refractivity contribution < 1.29 is 61.3 Å². The molecule has 3 unspecified atom stereocenters. The van der Waals surface area contributed by atoms with Gasteiger partial charge in [0.15, 0.2) is 0 Å². The number of carboxylic acid groups (broad SMARTS) is 2. The summed E-state index contributed by atoms with van der Waals surface area (Å²) in [6.07, 6.45) is 19.2. The summed E-state index contributed by atoms with van der Waals surface area (Å²) in [4.78, 5) is 48.1. The largest absolute Gasteiger partial charge is 0.542 e. The summed E-state index contributed by atoms with van der Waals surface area (Å²) >= 11 is 0. The fourth-order valence-electron chi connectivity index (χ4n) is 10.6. The zero-order valence-electron chi connectivity index (χ0n) is 39.1. The van der Waals surface area contributed by atoms with Crippen LogP contribution in [-0.2, 0) is 39.0 Å². The van der Waals surface area contributed by atoms with Crippen molar-refractivity contribution in [3.8, 4) is 0 Å². The molecule has 1 N–H and O–H groups in total. The second-order valence-electron chi connectivity index (χ2n) is 18.7. The summed E-state index contributed by atoms with van der Waals surface area (Å²) in [5.74, 6) is -4.49. The van der Waals surface area contributed by atoms with Gasteiger partial charge in [-0.15, -0.1) is 0 Å². The van der Waals surface area contributed by atoms with E-state index in [1.807, 2.05) is 91.0 Å². The summed E-state index contributed by atoms with van der Waals surface area (Å²) in [5, 5.41) is 17.5. The minimum Gasteiger partial charge on any atom is -0.542 e. The highest BCUT2D eigenvalue weighted by Gasteiger charge is 2.57. The predicted octanol–water partition coefficient (Wildman–Crippen LogP) is 11.4. The van der Waals surface area contributed by atoms with Crippen LogP contribution in [-0.4, -0.2) is 70.9 Å². The van der Waals surface area contributed by atoms with Crippen LogP contribution in [0.4, 0.5) is 13.2 Å². The Kier molecular flexibility index (Phi) is 21.7. The average Bonchev–Trinajstić information content (AvgIpc) is 3.87. The second kappa shape index (κ2) is 27.3. The number of benzene rings is 3. The summed E-state index contributed by atoms with van der Waals surface area (Å²) in [6.45, 7) is 2.51. The van der Waals surface area contributed by atoms with Gasteiger partial charge >= 0.3 is 24.1 Å². The first-order valence-electron chi connectivity index (χ1n) is 25.0. The number of carbonyl (C=O) groups excluding carboxylic acids is 3. The standard InChI is InChI=1S/C52H71NO7.C2HF3O2/c54-48(55)34-24-13-11-9-7-5-3-1-2-4-6-8-10-12-14-25-35-49(56)59-50(42-28-18-15-19-29-42)60-52(43-30-20-16-21-31-43,44-32-22-17-23-33-44)51(57)58-47-40-45-36-37-46(41-47)53(45)38-26-27-39-53;3-2(4,5)1(6)7/h15-23,28-33,45-47,50H,1-14,24-27,34-41H2;(H,6,7). The molecule has 0 aromatic heterocycles. The van der Waals surface area contributed by atoms with Crippen LogP contribution < -0.4 is 5.11 Å². The molecule has 0 amide bonds. The fourth-order valence-corrected chi connectivity index (χ4v) is 10.6. The lowest BCUT2D eigenvalue weighted by atomic mass is 9.85. The van der Waals surface area contributed by atoms with Crippen molar-refractivity contribution in [3.05, 3.63) is 108 Å². The first-order valence-corrected chi connectivity index (χ1v) is 25.0. The van der Waals surface area contributed by atoms with Crippen LogP contribution in [0.15, 0.2) is 91.0 Å². The van der Waals surface area contributed by atoms with Gasteiger partial charge in [-0.2, -0.15) is 13.2 Å². The summed E-state index contributed by atoms with van der Waals surface area (Å²) in [6, 6.07) is 29.7. The maximum Gasteiger partial charge on any atom is 0.430 e. The molecular formula is C54H72F3NO9. The Morgan fingerprint density at radius 3 is 1.40 bits per heavy atom. The lowest BCUT2D eigenvalue weighted by Crippen LogP contribution is -2.60. The number of rotatable bonds is 27. The van der Waals surface area contributed by atoms with E-state index in [2.05, 4.69) is 0 Å². The number of quaternary nitrogens is 1. The molecule has 0 saturated carbocycles. The Bertz CT molecular complexity index is 1870. The number of carboxylic acids is 2. The van der Waals surface area contributed by atoms with Gasteiger partial charge in [0.2, 0.25) is 11.9 Å². The Hall–Kier alpha value is -4.75. The third-order valence-electron chi connectivity index (χ3n) is 14.0. The van der Waals surface area contributed by atoms with Gasteiger partial charge < -0.3 is 33.7 Å². The zero-order valence-corrected chi connectivity index (χ0v) is 39.1. The minimum atomic E-state index is -5.19. The van der Waals surface area contributed by atoms with Gasteiger partial charge in [-0.25, -0.2) is 4.79 Å². The van der Waals surface area contributed by atoms with Gasteiger partial charge in [0.25, 0.3) is 0 Å². The summed E-state index contributed by atoms with van der Waals surface area (Å²) in [5.41, 5.74) is 0.262. The first-order chi connectivity index (χ1) is 32.3. The van der Waals surface area contributed by atoms with Crippen molar-refractivity contribution in [2.24, 2.45) is 0 Å². The molecule has 3 saturated heterocycles. The third-order valence-corrected chi connectivity index (χ3v) is 14.0. The molecule has 3 atom stereocenters. The van der Waals surface area contributed by atoms with Crippen LogP contribution in [0.3, 0.4) is 0 Å². The Morgan fingerprint density at radius 2 is 1.00 bits per heavy atom. The van der Waals surface area contributed by atoms with Gasteiger partial charge in [0.05, 0.1) is 25.2 Å². The van der Waals surface area contributed by atoms with Crippen LogP contribution in [0, 0.1) is 0 Å². The molecule has 0 aliphatic carbocycles. The van der Waals surface area contributed by atoms with Crippen LogP contribution in [0.1, 0.15) is 177 Å². The van der Waals surface area contributed by atoms with E-state index in [9.17, 15) is 22.8 Å². The number of carbonyl (C=O) groups is 4. The van der Waals surface area contributed by atoms with Gasteiger partial charge in [0.1, 0.15) is 12.1 Å². The second-order valence-corrected chi connectivity index (χ2v) is 18.7. The summed E-state index contributed by atoms with van der Waals surface area (Å²) in [7, 11) is 0. The lowest BCUT2D eigenvalue weighted by Gasteiger charge is -2.47. The molecule has 67 heavy (non-hydrogen) atoms. The quantitative estimate of drug-likeness (QED) is 0.0342. The number of hydrogen-bond donors (Lipinski definition) is 1. The van der Waals surface area contributed by atoms with Gasteiger partial charge in [-0.3, -0.25) is 9.59 Å². The average molecular weight is 936 g/mol. The number of halogens is 3. The van der Waals surface area contributed by atoms with Crippen LogP contribution >= 0.6 is 0 Å². The molecule has 3 heterocycles. The number of unbranched alkanes of at least 4 members (excludes halogenated alkanes) is 15. The molecule has 3 aliphatic heterocycles. The molecule has 13 heteroatoms. The molecule has 368 valence electrons. The number of aliphatic carboxylic acids is 2. The van der Waals surface area contributed by atoms with Crippen molar-refractivity contribution in [1.82, 2.24) is 0 Å². The minimum absolute atomic E-state index is 0.191. The van der Waals surface area contributed by atoms with Crippen molar-refractivity contribution in [2.45, 2.75) is 190 Å². The fraction of sp³-hybridized carbons (Fsp3) is 0.593. The number of piperidine rings is 1. The highest BCUT2D eigenvalue weighted by molar-refractivity contribution is 5.86. The molecular weight excluding hydrogens is 864 g/mol. The molecule has 3 aliphatic rings. The van der Waals surface area contributed by atoms with Crippen LogP contribution in [0.2, 0.25) is 0 Å². The van der Waals surface area contributed by atoms with E-state index in [1.165, 1.54) is 107 Å². The SMILES string of the molecule is O=C(O)CCCCCCCCCCCCCCCCCCC(=O)OC(OC(C(=O)OC1CC2CCC(C1)[N+]21CCCC1)(c1ccccc1)c1ccccc1)c1ccccc1.O=C([O-])C(F)(F)F. The van der Waals surface area contributed by atoms with Gasteiger partial charge in [0, 0.05) is 56.9 Å². The molecule has 3 fully saturated rings. The highest BCUT2D eigenvalue weighted by atomic mass is 19.4. The lowest BCUT2D eigenvalue weighted by molar-refractivity contribution is -0.956. The maximum absolute atomic E-state index is 15.1. The molecule has 3 aromatic rings. The number of hydrogen-bond acceptors (Lipinski definition) is 8. The van der Waals surface area contributed by atoms with E-state index >= 15 is 4.79 Å². The zero-order chi connectivity index (χ0) is 48.0. The van der Waals surface area contributed by atoms with Crippen LogP contribution in [0.25, 0.3) is 0 Å². The molecule has 6 rings (SSSR count). The normalized spacial score (nSPS) is 19.0. The van der Waals surface area contributed by atoms with E-state index in [0.717, 1.165) is 51.4 Å². The Balaban J connectivity index is 0.00000111. The van der Waals surface area contributed by atoms with Gasteiger partial charge in [-0.05, 0) is 24.0 Å². The monoisotopic (exact) mass is 936 g/mol. The number of nitrogens with zero attached hydrogens (tertiary/aromatic N) is 1. The van der Waals surface area contributed by atoms with Gasteiger partial charge in [-0.1, -0.05) is 181 Å². The maximum atomic E-state index is 15.1. The predicted molar refractivity (Wildman–Crippen MR) is 247 cm³/mol. The summed E-state index contributed by atoms with van der Waals surface area (Å²) < 4.78 is 52.7. The van der Waals surface area contributed by atoms with Crippen molar-refractivity contribution in [2.75, 3.05) is 13.1 Å². The molecule has 3 aromatic carbocycles. The molecule has 10 nitrogen and oxygen atoms in total. The first kappa shape index (κ1) is 53.2. The third kappa shape index (κ3) is 16.2. The van der Waals surface area contributed by atoms with Crippen molar-refractivity contribution in [3.63, 3.8) is 0 Å². The van der Waals surface area contributed by atoms with Crippen molar-refractivity contribution >= 4 is 23.9 Å². The van der Waals surface area contributed by atoms with E-state index in [4.69, 9.17) is 29.2 Å². The highest BCUT2D eigenvalue weighted by Crippen LogP contribution is 2.48. The van der Waals surface area contributed by atoms with E-state index < -0.39 is 36.0 Å². The van der Waals surface area contributed by atoms with Crippen molar-refractivity contribution in [1.29, 1.82) is 0 Å². The molecule has 0 radical (unpaired) electrons. The Labute approximate surface area is 395 Å². The molecule has 2 bridgehead atoms. The topological polar surface area (TPSA) is 139 Å². The number of alkyl halides is 3. The van der Waals surface area contributed by atoms with Crippen LogP contribution in [0.5, 0.6) is 0 Å². The van der Waals surface area contributed by atoms with E-state index in [-0.39, 0.29) is 18.5 Å². The Morgan fingerprint density at radius 1 is 0.612 bits per heavy atom. The van der Waals surface area contributed by atoms with E-state index in [1.54, 1.807) is 0 Å². The smallest absolute Gasteiger partial charge is 0.430 e. The number of ether oxygens (including phenoxy) is 3. The number of esters is 2. The molecule has 1 spiro atoms. The van der Waals surface area contributed by atoms with E-state index in [0.29, 0.717) is 35.2 Å².